The molecule has 14 nitrogen and oxygen atoms in total. The monoisotopic (exact) mass is 892 g/mol. The number of rotatable bonds is 20. The predicted octanol–water partition coefficient (Wildman–Crippen LogP) is 7.60. The predicted molar refractivity (Wildman–Crippen MR) is 241 cm³/mol. The first-order valence-corrected chi connectivity index (χ1v) is 23.4. The fourth-order valence-corrected chi connectivity index (χ4v) is 9.66. The third-order valence-electron chi connectivity index (χ3n) is 11.9. The number of carbonyl (C=O) groups is 3. The van der Waals surface area contributed by atoms with E-state index in [1.165, 1.54) is 23.1 Å². The molecule has 0 spiro atoms. The van der Waals surface area contributed by atoms with E-state index in [2.05, 4.69) is 28.5 Å². The molecule has 3 aliphatic rings. The quantitative estimate of drug-likeness (QED) is 0.0517. The Hall–Kier alpha value is -6.29. The Morgan fingerprint density at radius 3 is 2.44 bits per heavy atom. The number of carbonyl (C=O) groups excluding carboxylic acids is 3. The molecular formula is C48H53FN6O8S. The summed E-state index contributed by atoms with van der Waals surface area (Å²) in [5, 5.41) is 6.21. The second-order valence-electron chi connectivity index (χ2n) is 17.1. The highest BCUT2D eigenvalue weighted by molar-refractivity contribution is 7.91. The zero-order valence-corrected chi connectivity index (χ0v) is 36.7. The Balaban J connectivity index is 1.13. The zero-order chi connectivity index (χ0) is 45.2. The molecule has 3 aromatic carbocycles. The maximum Gasteiger partial charge on any atom is 0.262 e. The van der Waals surface area contributed by atoms with Gasteiger partial charge in [0.15, 0.2) is 5.82 Å². The van der Waals surface area contributed by atoms with E-state index in [9.17, 15) is 27.2 Å². The van der Waals surface area contributed by atoms with Gasteiger partial charge in [-0.05, 0) is 113 Å². The summed E-state index contributed by atoms with van der Waals surface area (Å²) in [6.07, 6.45) is 7.11. The van der Waals surface area contributed by atoms with Gasteiger partial charge >= 0.3 is 0 Å². The largest absolute Gasteiger partial charge is 0.491 e. The van der Waals surface area contributed by atoms with Gasteiger partial charge in [0.05, 0.1) is 17.9 Å². The van der Waals surface area contributed by atoms with E-state index < -0.39 is 68.5 Å². The number of nitrogens with one attached hydrogen (secondary N) is 3. The van der Waals surface area contributed by atoms with Gasteiger partial charge in [0, 0.05) is 29.0 Å². The number of unbranched alkanes of at least 4 members (excludes halogenated alkanes) is 3. The van der Waals surface area contributed by atoms with Crippen molar-refractivity contribution in [1.29, 1.82) is 0 Å². The van der Waals surface area contributed by atoms with Crippen LogP contribution in [-0.2, 0) is 24.4 Å². The summed E-state index contributed by atoms with van der Waals surface area (Å²) >= 11 is 0. The number of hydrogen-bond acceptors (Lipinski definition) is 11. The summed E-state index contributed by atoms with van der Waals surface area (Å²) in [5.41, 5.74) is 0.976. The second-order valence-corrected chi connectivity index (χ2v) is 19.1. The Labute approximate surface area is 371 Å². The first kappa shape index (κ1) is 44.3. The zero-order valence-electron chi connectivity index (χ0n) is 35.9. The molecule has 3 heterocycles. The fraction of sp³-hybridized carbons (Fsp3) is 0.396. The molecule has 336 valence electrons. The van der Waals surface area contributed by atoms with E-state index in [4.69, 9.17) is 23.9 Å². The summed E-state index contributed by atoms with van der Waals surface area (Å²) in [6.45, 7) is 11.5. The first-order valence-electron chi connectivity index (χ1n) is 21.9. The van der Waals surface area contributed by atoms with Crippen LogP contribution in [-0.4, -0.2) is 82.6 Å². The topological polar surface area (TPSA) is 182 Å². The smallest absolute Gasteiger partial charge is 0.262 e. The number of anilines is 1. The number of benzene rings is 3. The molecule has 1 saturated heterocycles. The number of hydrogen-bond donors (Lipinski definition) is 3. The van der Waals surface area contributed by atoms with Crippen LogP contribution in [0.15, 0.2) is 103 Å². The van der Waals surface area contributed by atoms with Gasteiger partial charge in [-0.3, -0.25) is 19.1 Å². The summed E-state index contributed by atoms with van der Waals surface area (Å²) in [5.74, 6) is -1.75. The molecule has 1 aliphatic heterocycles. The summed E-state index contributed by atoms with van der Waals surface area (Å²) in [7, 11) is -3.93. The molecule has 1 unspecified atom stereocenters. The number of aromatic nitrogens is 2. The number of ether oxygens (including phenoxy) is 2. The van der Waals surface area contributed by atoms with Crippen molar-refractivity contribution < 1.29 is 41.1 Å². The van der Waals surface area contributed by atoms with Gasteiger partial charge < -0.3 is 29.4 Å². The minimum absolute atomic E-state index is 0.0146. The van der Waals surface area contributed by atoms with Crippen molar-refractivity contribution in [2.24, 2.45) is 5.92 Å². The van der Waals surface area contributed by atoms with Gasteiger partial charge in [-0.25, -0.2) is 17.8 Å². The number of furan rings is 1. The number of likely N-dealkylation sites (tertiary alicyclic amines) is 1. The molecule has 8 rings (SSSR count). The molecule has 3 fully saturated rings. The van der Waals surface area contributed by atoms with Gasteiger partial charge in [-0.15, -0.1) is 13.2 Å². The SMILES string of the molecule is C=CCCCCCC(Nc1ccc(F)cc1)C(=O)N1C[C@H](Oc2nc(-c3ccc(OC(C)C)cc3)nc3c2oc2ccccc23)C[C@H]1C(=O)N[C@]1(C(=O)NS(=O)(=O)C2CC2)C[C@H]1C=C. The number of para-hydroxylation sites is 1. The lowest BCUT2D eigenvalue weighted by Crippen LogP contribution is -2.57. The molecular weight excluding hydrogens is 840 g/mol. The number of amides is 3. The normalized spacial score (nSPS) is 21.1. The lowest BCUT2D eigenvalue weighted by molar-refractivity contribution is -0.140. The lowest BCUT2D eigenvalue weighted by atomic mass is 10.0. The van der Waals surface area contributed by atoms with E-state index in [0.29, 0.717) is 59.6 Å². The van der Waals surface area contributed by atoms with Crippen LogP contribution in [0.3, 0.4) is 0 Å². The maximum absolute atomic E-state index is 14.9. The van der Waals surface area contributed by atoms with Crippen LogP contribution in [0, 0.1) is 11.7 Å². The van der Waals surface area contributed by atoms with Crippen molar-refractivity contribution in [1.82, 2.24) is 24.9 Å². The van der Waals surface area contributed by atoms with Crippen LogP contribution in [0.1, 0.15) is 71.6 Å². The Morgan fingerprint density at radius 2 is 1.75 bits per heavy atom. The van der Waals surface area contributed by atoms with Crippen molar-refractivity contribution >= 4 is 55.5 Å². The van der Waals surface area contributed by atoms with Crippen molar-refractivity contribution in [3.8, 4) is 23.0 Å². The number of halogens is 1. The Kier molecular flexibility index (Phi) is 12.8. The molecule has 2 saturated carbocycles. The number of nitrogens with zero attached hydrogens (tertiary/aromatic N) is 3. The van der Waals surface area contributed by atoms with Crippen LogP contribution >= 0.6 is 0 Å². The van der Waals surface area contributed by atoms with Crippen molar-refractivity contribution in [3.05, 3.63) is 104 Å². The third-order valence-corrected chi connectivity index (χ3v) is 13.8. The van der Waals surface area contributed by atoms with Crippen molar-refractivity contribution in [3.63, 3.8) is 0 Å². The first-order chi connectivity index (χ1) is 30.8. The standard InChI is InChI=1S/C48H53FN6O8S/c1-5-7-8-9-10-14-38(50-33-20-18-32(49)19-21-33)46(57)55-28-35(26-39(55)44(56)53-48(27-31(48)6-2)47(58)54-64(59,60)36-24-25-36)62-45-42-41(37-13-11-12-15-40(37)63-42)51-43(52-45)30-16-22-34(23-17-30)61-29(3)4/h5-6,11-13,15-23,29,31,35-36,38-39,50H,1-2,7-10,14,24-28H2,3-4H3,(H,53,56)(H,54,58)/t31-,35-,38?,39+,48-/m1/s1. The molecule has 0 bridgehead atoms. The molecule has 5 atom stereocenters. The summed E-state index contributed by atoms with van der Waals surface area (Å²) in [6, 6.07) is 18.5. The molecule has 3 amide bonds. The molecule has 3 N–H and O–H groups in total. The van der Waals surface area contributed by atoms with Crippen LogP contribution in [0.4, 0.5) is 10.1 Å². The summed E-state index contributed by atoms with van der Waals surface area (Å²) < 4.78 is 60.8. The summed E-state index contributed by atoms with van der Waals surface area (Å²) in [4.78, 5) is 54.5. The number of fused-ring (bicyclic) bond motifs is 3. The van der Waals surface area contributed by atoms with E-state index in [0.717, 1.165) is 24.6 Å². The van der Waals surface area contributed by atoms with Crippen LogP contribution in [0.5, 0.6) is 11.6 Å². The van der Waals surface area contributed by atoms with Crippen molar-refractivity contribution in [2.75, 3.05) is 11.9 Å². The average Bonchev–Trinajstić information content (AvgIpc) is 4.18. The van der Waals surface area contributed by atoms with Gasteiger partial charge in [0.25, 0.3) is 11.8 Å². The minimum Gasteiger partial charge on any atom is -0.491 e. The molecule has 16 heteroatoms. The van der Waals surface area contributed by atoms with E-state index in [1.807, 2.05) is 68.5 Å². The van der Waals surface area contributed by atoms with E-state index >= 15 is 0 Å². The van der Waals surface area contributed by atoms with Gasteiger partial charge in [-0.2, -0.15) is 4.98 Å². The molecule has 2 aliphatic carbocycles. The van der Waals surface area contributed by atoms with Gasteiger partial charge in [0.1, 0.15) is 46.4 Å². The molecule has 0 radical (unpaired) electrons. The van der Waals surface area contributed by atoms with E-state index in [-0.39, 0.29) is 37.0 Å². The molecule has 2 aromatic heterocycles. The highest BCUT2D eigenvalue weighted by Crippen LogP contribution is 2.46. The van der Waals surface area contributed by atoms with Gasteiger partial charge in [0.2, 0.25) is 27.4 Å². The molecule has 64 heavy (non-hydrogen) atoms. The lowest BCUT2D eigenvalue weighted by Gasteiger charge is -2.30. The highest BCUT2D eigenvalue weighted by atomic mass is 32.2. The van der Waals surface area contributed by atoms with Crippen LogP contribution < -0.4 is 24.8 Å². The Bertz CT molecular complexity index is 2670. The molecule has 5 aromatic rings. The van der Waals surface area contributed by atoms with Gasteiger partial charge in [-0.1, -0.05) is 37.1 Å². The maximum atomic E-state index is 14.9. The fourth-order valence-electron chi connectivity index (χ4n) is 8.30. The number of allylic oxidation sites excluding steroid dienone is 1. The third kappa shape index (κ3) is 9.61. The minimum atomic E-state index is -3.93. The second kappa shape index (κ2) is 18.4. The van der Waals surface area contributed by atoms with E-state index in [1.54, 1.807) is 12.1 Å². The Morgan fingerprint density at radius 1 is 1.00 bits per heavy atom. The van der Waals surface area contributed by atoms with Crippen LogP contribution in [0.2, 0.25) is 0 Å². The van der Waals surface area contributed by atoms with Crippen molar-refractivity contribution in [2.45, 2.75) is 107 Å². The van der Waals surface area contributed by atoms with Crippen LogP contribution in [0.25, 0.3) is 33.5 Å². The highest BCUT2D eigenvalue weighted by Gasteiger charge is 2.62. The number of sulfonamides is 1. The average molecular weight is 893 g/mol.